The van der Waals surface area contributed by atoms with E-state index in [0.717, 1.165) is 51.4 Å². The van der Waals surface area contributed by atoms with E-state index in [0.29, 0.717) is 6.04 Å². The second-order valence-electron chi connectivity index (χ2n) is 6.01. The number of nitrogens with zero attached hydrogens (tertiary/aromatic N) is 2. The minimum Gasteiger partial charge on any atom is -0.314 e. The summed E-state index contributed by atoms with van der Waals surface area (Å²) in [7, 11) is 0. The average molecular weight is 295 g/mol. The zero-order chi connectivity index (χ0) is 14.7. The monoisotopic (exact) mass is 295 g/mol. The van der Waals surface area contributed by atoms with Crippen LogP contribution in [0.15, 0.2) is 24.3 Å². The third-order valence-electron chi connectivity index (χ3n) is 4.52. The number of piperazine rings is 1. The first-order valence-corrected chi connectivity index (χ1v) is 7.76. The van der Waals surface area contributed by atoms with E-state index in [4.69, 9.17) is 0 Å². The van der Waals surface area contributed by atoms with Gasteiger partial charge in [0.15, 0.2) is 0 Å². The van der Waals surface area contributed by atoms with E-state index in [1.54, 1.807) is 12.1 Å². The van der Waals surface area contributed by atoms with Crippen LogP contribution in [-0.4, -0.2) is 55.1 Å². The fraction of sp³-hybridized carbons (Fsp3) is 0.625. The van der Waals surface area contributed by atoms with Crippen molar-refractivity contribution in [1.82, 2.24) is 15.1 Å². The van der Waals surface area contributed by atoms with Crippen molar-refractivity contribution in [3.63, 3.8) is 0 Å². The number of halogens is 2. The number of hydrogen-bond acceptors (Lipinski definition) is 3. The molecular formula is C16H23F2N3. The Morgan fingerprint density at radius 1 is 1.19 bits per heavy atom. The lowest BCUT2D eigenvalue weighted by Crippen LogP contribution is -2.49. The second kappa shape index (κ2) is 6.81. The summed E-state index contributed by atoms with van der Waals surface area (Å²) < 4.78 is 25.5. The van der Waals surface area contributed by atoms with E-state index in [2.05, 4.69) is 15.1 Å². The molecule has 1 atom stereocenters. The minimum absolute atomic E-state index is 0.130. The molecule has 0 aromatic heterocycles. The van der Waals surface area contributed by atoms with Gasteiger partial charge in [0.25, 0.3) is 6.43 Å². The molecule has 116 valence electrons. The molecule has 0 saturated carbocycles. The Hall–Kier alpha value is -1.04. The highest BCUT2D eigenvalue weighted by Crippen LogP contribution is 2.22. The van der Waals surface area contributed by atoms with Crippen LogP contribution in [-0.2, 0) is 6.54 Å². The van der Waals surface area contributed by atoms with Gasteiger partial charge in [-0.25, -0.2) is 8.78 Å². The molecule has 0 spiro atoms. The summed E-state index contributed by atoms with van der Waals surface area (Å²) in [5, 5.41) is 3.38. The van der Waals surface area contributed by atoms with Crippen LogP contribution < -0.4 is 5.32 Å². The van der Waals surface area contributed by atoms with Crippen LogP contribution in [0.1, 0.15) is 24.0 Å². The van der Waals surface area contributed by atoms with Crippen molar-refractivity contribution in [2.45, 2.75) is 25.4 Å². The molecule has 2 aliphatic rings. The maximum atomic E-state index is 12.7. The molecule has 2 aliphatic heterocycles. The molecule has 2 heterocycles. The molecule has 5 heteroatoms. The zero-order valence-electron chi connectivity index (χ0n) is 12.3. The van der Waals surface area contributed by atoms with Crippen LogP contribution in [0.25, 0.3) is 0 Å². The van der Waals surface area contributed by atoms with Gasteiger partial charge in [-0.05, 0) is 18.1 Å². The fourth-order valence-corrected chi connectivity index (χ4v) is 3.39. The van der Waals surface area contributed by atoms with Crippen LogP contribution in [0.2, 0.25) is 0 Å². The predicted molar refractivity (Wildman–Crippen MR) is 79.5 cm³/mol. The molecule has 1 N–H and O–H groups in total. The zero-order valence-corrected chi connectivity index (χ0v) is 12.3. The predicted octanol–water partition coefficient (Wildman–Crippen LogP) is 2.10. The number of benzene rings is 1. The Morgan fingerprint density at radius 3 is 2.76 bits per heavy atom. The molecule has 3 nitrogen and oxygen atoms in total. The Morgan fingerprint density at radius 2 is 2.00 bits per heavy atom. The highest BCUT2D eigenvalue weighted by molar-refractivity contribution is 5.24. The molecular weight excluding hydrogens is 272 g/mol. The van der Waals surface area contributed by atoms with Crippen molar-refractivity contribution in [2.24, 2.45) is 0 Å². The third-order valence-corrected chi connectivity index (χ3v) is 4.52. The Balaban J connectivity index is 1.55. The van der Waals surface area contributed by atoms with Crippen molar-refractivity contribution < 1.29 is 8.78 Å². The summed E-state index contributed by atoms with van der Waals surface area (Å²) in [5.74, 6) is 0. The van der Waals surface area contributed by atoms with Crippen molar-refractivity contribution in [2.75, 3.05) is 39.3 Å². The maximum Gasteiger partial charge on any atom is 0.263 e. The lowest BCUT2D eigenvalue weighted by atomic mass is 10.1. The van der Waals surface area contributed by atoms with Gasteiger partial charge in [0.2, 0.25) is 0 Å². The van der Waals surface area contributed by atoms with Crippen LogP contribution in [0.3, 0.4) is 0 Å². The highest BCUT2D eigenvalue weighted by atomic mass is 19.3. The molecule has 1 aromatic carbocycles. The normalized spacial score (nSPS) is 24.8. The van der Waals surface area contributed by atoms with Gasteiger partial charge in [0, 0.05) is 57.4 Å². The van der Waals surface area contributed by atoms with Gasteiger partial charge in [-0.3, -0.25) is 9.80 Å². The van der Waals surface area contributed by atoms with E-state index < -0.39 is 6.43 Å². The largest absolute Gasteiger partial charge is 0.314 e. The summed E-state index contributed by atoms with van der Waals surface area (Å²) in [6, 6.07) is 7.46. The van der Waals surface area contributed by atoms with Gasteiger partial charge in [-0.1, -0.05) is 18.2 Å². The lowest BCUT2D eigenvalue weighted by Gasteiger charge is -2.32. The molecule has 0 bridgehead atoms. The van der Waals surface area contributed by atoms with Gasteiger partial charge < -0.3 is 5.32 Å². The van der Waals surface area contributed by atoms with Crippen LogP contribution in [0.5, 0.6) is 0 Å². The first-order chi connectivity index (χ1) is 10.2. The lowest BCUT2D eigenvalue weighted by molar-refractivity contribution is 0.151. The summed E-state index contributed by atoms with van der Waals surface area (Å²) in [5.41, 5.74) is 1.12. The third kappa shape index (κ3) is 3.78. The molecule has 3 rings (SSSR count). The molecule has 1 unspecified atom stereocenters. The van der Waals surface area contributed by atoms with Gasteiger partial charge in [0.1, 0.15) is 0 Å². The Bertz CT molecular complexity index is 461. The molecule has 2 saturated heterocycles. The Kier molecular flexibility index (Phi) is 4.83. The van der Waals surface area contributed by atoms with Crippen LogP contribution >= 0.6 is 0 Å². The summed E-state index contributed by atoms with van der Waals surface area (Å²) in [6.45, 7) is 7.30. The smallest absolute Gasteiger partial charge is 0.263 e. The van der Waals surface area contributed by atoms with Crippen molar-refractivity contribution >= 4 is 0 Å². The van der Waals surface area contributed by atoms with E-state index in [1.807, 2.05) is 6.07 Å². The van der Waals surface area contributed by atoms with E-state index in [9.17, 15) is 8.78 Å². The van der Waals surface area contributed by atoms with E-state index in [1.165, 1.54) is 12.5 Å². The number of nitrogens with one attached hydrogen (secondary N) is 1. The molecule has 1 aromatic rings. The van der Waals surface area contributed by atoms with E-state index in [-0.39, 0.29) is 5.56 Å². The quantitative estimate of drug-likeness (QED) is 0.918. The summed E-state index contributed by atoms with van der Waals surface area (Å²) in [6.07, 6.45) is -1.19. The summed E-state index contributed by atoms with van der Waals surface area (Å²) >= 11 is 0. The fourth-order valence-electron chi connectivity index (χ4n) is 3.39. The van der Waals surface area contributed by atoms with Gasteiger partial charge in [-0.15, -0.1) is 0 Å². The number of rotatable bonds is 4. The van der Waals surface area contributed by atoms with Gasteiger partial charge in [0.05, 0.1) is 0 Å². The molecule has 2 fully saturated rings. The van der Waals surface area contributed by atoms with E-state index >= 15 is 0 Å². The van der Waals surface area contributed by atoms with Crippen LogP contribution in [0.4, 0.5) is 8.78 Å². The van der Waals surface area contributed by atoms with Gasteiger partial charge >= 0.3 is 0 Å². The highest BCUT2D eigenvalue weighted by Gasteiger charge is 2.28. The standard InChI is InChI=1S/C16H23F2N3/c17-16(18)14-3-1-2-13(10-14)11-20-7-4-15(12-20)21-8-5-19-6-9-21/h1-3,10,15-16,19H,4-9,11-12H2. The minimum atomic E-state index is -2.38. The number of likely N-dealkylation sites (tertiary alicyclic amines) is 1. The summed E-state index contributed by atoms with van der Waals surface area (Å²) in [4.78, 5) is 4.95. The van der Waals surface area contributed by atoms with Crippen molar-refractivity contribution in [1.29, 1.82) is 0 Å². The van der Waals surface area contributed by atoms with Crippen molar-refractivity contribution in [3.05, 3.63) is 35.4 Å². The molecule has 0 radical (unpaired) electrons. The first kappa shape index (κ1) is 14.9. The van der Waals surface area contributed by atoms with Crippen LogP contribution in [0, 0.1) is 0 Å². The first-order valence-electron chi connectivity index (χ1n) is 7.76. The molecule has 0 amide bonds. The maximum absolute atomic E-state index is 12.7. The van der Waals surface area contributed by atoms with Gasteiger partial charge in [-0.2, -0.15) is 0 Å². The SMILES string of the molecule is FC(F)c1cccc(CN2CCC(N3CCNCC3)C2)c1. The topological polar surface area (TPSA) is 18.5 Å². The Labute approximate surface area is 124 Å². The number of alkyl halides is 2. The second-order valence-corrected chi connectivity index (χ2v) is 6.01. The molecule has 21 heavy (non-hydrogen) atoms. The number of hydrogen-bond donors (Lipinski definition) is 1. The average Bonchev–Trinajstić information content (AvgIpc) is 2.97. The molecule has 0 aliphatic carbocycles. The van der Waals surface area contributed by atoms with Crippen molar-refractivity contribution in [3.8, 4) is 0 Å².